The van der Waals surface area contributed by atoms with Crippen molar-refractivity contribution in [3.05, 3.63) is 36.5 Å². The fraction of sp³-hybridized carbons (Fsp3) is 0.767. The highest BCUT2D eigenvalue weighted by molar-refractivity contribution is 5.79. The standard InChI is InChI=1S/C30H48O7/c1-2-3-6-13-23(36-29-16-9-11-20-34-29)18-19-24-25(14-7-4-5-8-15-28(32)33)27(22-26(24)31)37-30-17-10-12-21-35-30/h4,7-8,15,18-19,23-27,29-31H,2-3,5-6,9-14,16-17,20-22H2,1H3,(H,32,33)/b7-4-,15-8+,19-18+/t23-,24+,25+,26+,27-,29?,30?/m0/s1. The van der Waals surface area contributed by atoms with Crippen LogP contribution in [-0.4, -0.2) is 60.3 Å². The second-order valence-corrected chi connectivity index (χ2v) is 10.5. The number of carboxylic acids is 1. The van der Waals surface area contributed by atoms with Gasteiger partial charge in [-0.15, -0.1) is 0 Å². The van der Waals surface area contributed by atoms with Crippen molar-refractivity contribution in [3.63, 3.8) is 0 Å². The Morgan fingerprint density at radius 2 is 1.78 bits per heavy atom. The normalized spacial score (nSPS) is 32.1. The summed E-state index contributed by atoms with van der Waals surface area (Å²) < 4.78 is 24.4. The number of hydrogen-bond donors (Lipinski definition) is 2. The van der Waals surface area contributed by atoms with Crippen LogP contribution >= 0.6 is 0 Å². The topological polar surface area (TPSA) is 94.5 Å². The van der Waals surface area contributed by atoms with Gasteiger partial charge in [-0.3, -0.25) is 0 Å². The molecule has 37 heavy (non-hydrogen) atoms. The first-order chi connectivity index (χ1) is 18.1. The molecule has 0 spiro atoms. The van der Waals surface area contributed by atoms with Crippen molar-refractivity contribution < 1.29 is 34.0 Å². The van der Waals surface area contributed by atoms with Gasteiger partial charge in [-0.25, -0.2) is 4.79 Å². The molecule has 210 valence electrons. The molecule has 7 heteroatoms. The molecule has 3 fully saturated rings. The summed E-state index contributed by atoms with van der Waals surface area (Å²) in [5.41, 5.74) is 0. The van der Waals surface area contributed by atoms with Crippen molar-refractivity contribution in [2.75, 3.05) is 13.2 Å². The third-order valence-corrected chi connectivity index (χ3v) is 7.57. The van der Waals surface area contributed by atoms with Crippen molar-refractivity contribution in [1.82, 2.24) is 0 Å². The third-order valence-electron chi connectivity index (χ3n) is 7.57. The maximum Gasteiger partial charge on any atom is 0.327 e. The minimum atomic E-state index is -0.937. The van der Waals surface area contributed by atoms with Crippen molar-refractivity contribution in [3.8, 4) is 0 Å². The molecule has 0 radical (unpaired) electrons. The molecule has 2 saturated heterocycles. The van der Waals surface area contributed by atoms with E-state index in [9.17, 15) is 9.90 Å². The Balaban J connectivity index is 1.67. The van der Waals surface area contributed by atoms with Crippen LogP contribution in [0.1, 0.15) is 90.4 Å². The lowest BCUT2D eigenvalue weighted by atomic mass is 9.89. The lowest BCUT2D eigenvalue weighted by Crippen LogP contribution is -2.31. The maximum absolute atomic E-state index is 11.1. The molecule has 2 heterocycles. The van der Waals surface area contributed by atoms with Crippen LogP contribution in [0.25, 0.3) is 0 Å². The third kappa shape index (κ3) is 11.0. The molecule has 0 aromatic rings. The van der Waals surface area contributed by atoms with Gasteiger partial charge in [-0.2, -0.15) is 0 Å². The Labute approximate surface area is 222 Å². The van der Waals surface area contributed by atoms with Crippen LogP contribution in [0.2, 0.25) is 0 Å². The molecule has 3 aliphatic rings. The number of allylic oxidation sites excluding steroid dienone is 3. The first kappa shape index (κ1) is 30.0. The van der Waals surface area contributed by atoms with Crippen LogP contribution < -0.4 is 0 Å². The predicted molar refractivity (Wildman–Crippen MR) is 143 cm³/mol. The lowest BCUT2D eigenvalue weighted by Gasteiger charge is -2.30. The van der Waals surface area contributed by atoms with E-state index >= 15 is 0 Å². The molecule has 2 unspecified atom stereocenters. The first-order valence-electron chi connectivity index (χ1n) is 14.5. The van der Waals surface area contributed by atoms with Gasteiger partial charge in [0.25, 0.3) is 0 Å². The molecule has 7 atom stereocenters. The number of unbranched alkanes of at least 4 members (excludes halogenated alkanes) is 2. The van der Waals surface area contributed by atoms with Crippen LogP contribution in [-0.2, 0) is 23.7 Å². The number of hydrogen-bond acceptors (Lipinski definition) is 6. The molecule has 0 aromatic carbocycles. The van der Waals surface area contributed by atoms with Crippen molar-refractivity contribution >= 4 is 5.97 Å². The number of rotatable bonds is 15. The van der Waals surface area contributed by atoms with E-state index in [2.05, 4.69) is 25.2 Å². The predicted octanol–water partition coefficient (Wildman–Crippen LogP) is 5.92. The van der Waals surface area contributed by atoms with Crippen LogP contribution in [0, 0.1) is 11.8 Å². The molecular weight excluding hydrogens is 472 g/mol. The number of carbonyl (C=O) groups is 1. The zero-order valence-electron chi connectivity index (χ0n) is 22.5. The van der Waals surface area contributed by atoms with Crippen molar-refractivity contribution in [2.24, 2.45) is 11.8 Å². The van der Waals surface area contributed by atoms with Crippen LogP contribution in [0.4, 0.5) is 0 Å². The lowest BCUT2D eigenvalue weighted by molar-refractivity contribution is -0.195. The summed E-state index contributed by atoms with van der Waals surface area (Å²) in [6, 6.07) is 0. The van der Waals surface area contributed by atoms with Gasteiger partial charge in [0.2, 0.25) is 0 Å². The Hall–Kier alpha value is -1.51. The van der Waals surface area contributed by atoms with E-state index in [1.807, 2.05) is 6.08 Å². The maximum atomic E-state index is 11.1. The second kappa shape index (κ2) is 17.2. The van der Waals surface area contributed by atoms with Gasteiger partial charge in [0.05, 0.1) is 18.3 Å². The van der Waals surface area contributed by atoms with Gasteiger partial charge in [0.1, 0.15) is 0 Å². The highest BCUT2D eigenvalue weighted by Gasteiger charge is 2.42. The summed E-state index contributed by atoms with van der Waals surface area (Å²) in [6.45, 7) is 3.69. The smallest absolute Gasteiger partial charge is 0.327 e. The Bertz CT molecular complexity index is 721. The van der Waals surface area contributed by atoms with Gasteiger partial charge in [0, 0.05) is 31.6 Å². The summed E-state index contributed by atoms with van der Waals surface area (Å²) in [7, 11) is 0. The van der Waals surface area contributed by atoms with Crippen molar-refractivity contribution in [2.45, 2.75) is 121 Å². The molecule has 0 amide bonds. The largest absolute Gasteiger partial charge is 0.478 e. The van der Waals surface area contributed by atoms with Gasteiger partial charge in [-0.1, -0.05) is 56.6 Å². The molecule has 7 nitrogen and oxygen atoms in total. The summed E-state index contributed by atoms with van der Waals surface area (Å²) in [5.74, 6) is -0.871. The van der Waals surface area contributed by atoms with E-state index in [1.165, 1.54) is 6.42 Å². The van der Waals surface area contributed by atoms with Gasteiger partial charge >= 0.3 is 5.97 Å². The zero-order valence-corrected chi connectivity index (χ0v) is 22.5. The van der Waals surface area contributed by atoms with E-state index in [0.29, 0.717) is 12.8 Å². The summed E-state index contributed by atoms with van der Waals surface area (Å²) in [6.07, 6.45) is 22.7. The monoisotopic (exact) mass is 520 g/mol. The summed E-state index contributed by atoms with van der Waals surface area (Å²) in [5, 5.41) is 19.9. The second-order valence-electron chi connectivity index (χ2n) is 10.5. The molecule has 1 aliphatic carbocycles. The molecule has 2 N–H and O–H groups in total. The van der Waals surface area contributed by atoms with E-state index < -0.39 is 12.1 Å². The number of carboxylic acid groups (broad SMARTS) is 1. The highest BCUT2D eigenvalue weighted by atomic mass is 16.7. The van der Waals surface area contributed by atoms with Crippen molar-refractivity contribution in [1.29, 1.82) is 0 Å². The Kier molecular flexibility index (Phi) is 13.9. The highest BCUT2D eigenvalue weighted by Crippen LogP contribution is 2.39. The Morgan fingerprint density at radius 3 is 2.46 bits per heavy atom. The quantitative estimate of drug-likeness (QED) is 0.157. The van der Waals surface area contributed by atoms with Gasteiger partial charge < -0.3 is 29.2 Å². The summed E-state index contributed by atoms with van der Waals surface area (Å²) in [4.78, 5) is 10.7. The Morgan fingerprint density at radius 1 is 1.03 bits per heavy atom. The van der Waals surface area contributed by atoms with Crippen LogP contribution in [0.15, 0.2) is 36.5 Å². The average Bonchev–Trinajstić information content (AvgIpc) is 3.19. The molecule has 2 aliphatic heterocycles. The van der Waals surface area contributed by atoms with Crippen LogP contribution in [0.3, 0.4) is 0 Å². The van der Waals surface area contributed by atoms with E-state index in [0.717, 1.165) is 83.5 Å². The van der Waals surface area contributed by atoms with Gasteiger partial charge in [-0.05, 0) is 63.7 Å². The van der Waals surface area contributed by atoms with Crippen LogP contribution in [0.5, 0.6) is 0 Å². The van der Waals surface area contributed by atoms with Gasteiger partial charge in [0.15, 0.2) is 12.6 Å². The molecule has 0 bridgehead atoms. The number of aliphatic hydroxyl groups excluding tert-OH is 1. The number of ether oxygens (including phenoxy) is 4. The van der Waals surface area contributed by atoms with E-state index in [-0.39, 0.29) is 36.6 Å². The SMILES string of the molecule is CCCCC[C@@H](/C=C/[C@@H]1[C@@H](C/C=C\C/C=C/C(=O)O)[C@@H](OC2CCCCO2)C[C@H]1O)OC1CCCCO1. The number of aliphatic hydroxyl groups is 1. The molecule has 0 aromatic heterocycles. The first-order valence-corrected chi connectivity index (χ1v) is 14.5. The molecule has 1 saturated carbocycles. The average molecular weight is 521 g/mol. The fourth-order valence-electron chi connectivity index (χ4n) is 5.52. The molecule has 3 rings (SSSR count). The minimum absolute atomic E-state index is 0.0270. The molecular formula is C30H48O7. The fourth-order valence-corrected chi connectivity index (χ4v) is 5.52. The van der Waals surface area contributed by atoms with E-state index in [4.69, 9.17) is 24.1 Å². The minimum Gasteiger partial charge on any atom is -0.478 e. The van der Waals surface area contributed by atoms with E-state index in [1.54, 1.807) is 6.08 Å². The number of aliphatic carboxylic acids is 1. The zero-order chi connectivity index (χ0) is 26.3. The summed E-state index contributed by atoms with van der Waals surface area (Å²) >= 11 is 0.